The molecular formula is C41H74NO10P. The van der Waals surface area contributed by atoms with Gasteiger partial charge in [-0.15, -0.1) is 0 Å². The first-order chi connectivity index (χ1) is 25.6. The molecule has 0 saturated carbocycles. The molecule has 4 N–H and O–H groups in total. The normalized spacial score (nSPS) is 14.2. The Hall–Kier alpha value is -2.30. The number of rotatable bonds is 38. The molecule has 0 amide bonds. The van der Waals surface area contributed by atoms with Gasteiger partial charge in [0.05, 0.1) is 13.2 Å². The molecule has 0 aliphatic carbocycles. The Morgan fingerprint density at radius 3 is 1.58 bits per heavy atom. The molecule has 0 radical (unpaired) electrons. The monoisotopic (exact) mass is 772 g/mol. The van der Waals surface area contributed by atoms with Crippen LogP contribution in [0.3, 0.4) is 0 Å². The second-order valence-electron chi connectivity index (χ2n) is 13.7. The van der Waals surface area contributed by atoms with Gasteiger partial charge in [0.1, 0.15) is 12.6 Å². The lowest BCUT2D eigenvalue weighted by Crippen LogP contribution is -2.34. The standard InChI is InChI=1S/C41H74NO10P/c1-3-5-7-9-11-13-15-17-19-21-23-25-27-29-31-33-40(44)52-37(35-50-53(47,48)51-36-38(42)41(45)46)34-49-39(43)32-30-28-26-24-22-20-18-16-14-12-10-8-6-4-2/h5,7,11,13,17,19,37-38H,3-4,6,8-10,12,14-16,18,20-36,42H2,1-2H3,(H,45,46)(H,47,48)/b7-5+,13-11+,19-17+/t37-,38+/m1/s1. The van der Waals surface area contributed by atoms with Crippen LogP contribution in [0.4, 0.5) is 0 Å². The summed E-state index contributed by atoms with van der Waals surface area (Å²) in [6.07, 6.45) is 37.8. The first-order valence-electron chi connectivity index (χ1n) is 20.5. The second kappa shape index (κ2) is 36.7. The molecule has 11 nitrogen and oxygen atoms in total. The lowest BCUT2D eigenvalue weighted by molar-refractivity contribution is -0.161. The predicted octanol–water partition coefficient (Wildman–Crippen LogP) is 10.4. The van der Waals surface area contributed by atoms with E-state index in [9.17, 15) is 23.8 Å². The highest BCUT2D eigenvalue weighted by molar-refractivity contribution is 7.47. The van der Waals surface area contributed by atoms with Crippen LogP contribution in [0.15, 0.2) is 36.5 Å². The maximum absolute atomic E-state index is 12.6. The van der Waals surface area contributed by atoms with Crippen molar-refractivity contribution in [1.29, 1.82) is 0 Å². The highest BCUT2D eigenvalue weighted by Gasteiger charge is 2.28. The van der Waals surface area contributed by atoms with E-state index in [1.807, 2.05) is 0 Å². The molecule has 0 aromatic rings. The minimum absolute atomic E-state index is 0.143. The van der Waals surface area contributed by atoms with Crippen molar-refractivity contribution < 1.29 is 47.5 Å². The number of allylic oxidation sites excluding steroid dienone is 6. The summed E-state index contributed by atoms with van der Waals surface area (Å²) >= 11 is 0. The van der Waals surface area contributed by atoms with Gasteiger partial charge in [0, 0.05) is 12.8 Å². The fraction of sp³-hybridized carbons (Fsp3) is 0.780. The third-order valence-corrected chi connectivity index (χ3v) is 9.60. The number of ether oxygens (including phenoxy) is 2. The molecule has 0 aliphatic rings. The van der Waals surface area contributed by atoms with Crippen LogP contribution >= 0.6 is 7.82 Å². The van der Waals surface area contributed by atoms with E-state index in [-0.39, 0.29) is 19.4 Å². The minimum Gasteiger partial charge on any atom is -0.480 e. The number of carbonyl (C=O) groups is 3. The van der Waals surface area contributed by atoms with Crippen LogP contribution in [0.5, 0.6) is 0 Å². The molecule has 12 heteroatoms. The molecule has 0 aromatic carbocycles. The molecule has 0 heterocycles. The summed E-state index contributed by atoms with van der Waals surface area (Å²) in [5.41, 5.74) is 5.32. The first kappa shape index (κ1) is 50.7. The number of unbranched alkanes of at least 4 members (excludes halogenated alkanes) is 18. The largest absolute Gasteiger partial charge is 0.480 e. The number of nitrogens with two attached hydrogens (primary N) is 1. The number of carboxylic acids is 1. The third-order valence-electron chi connectivity index (χ3n) is 8.65. The van der Waals surface area contributed by atoms with E-state index in [1.165, 1.54) is 64.2 Å². The summed E-state index contributed by atoms with van der Waals surface area (Å²) in [6, 6.07) is -1.52. The Bertz CT molecular complexity index is 1050. The van der Waals surface area contributed by atoms with Crippen molar-refractivity contribution in [2.24, 2.45) is 5.73 Å². The number of esters is 2. The fourth-order valence-corrected chi connectivity index (χ4v) is 6.21. The van der Waals surface area contributed by atoms with Crippen molar-refractivity contribution in [2.75, 3.05) is 19.8 Å². The molecule has 1 unspecified atom stereocenters. The summed E-state index contributed by atoms with van der Waals surface area (Å²) in [7, 11) is -4.72. The van der Waals surface area contributed by atoms with E-state index in [1.54, 1.807) is 0 Å². The zero-order chi connectivity index (χ0) is 39.3. The van der Waals surface area contributed by atoms with Crippen molar-refractivity contribution in [3.05, 3.63) is 36.5 Å². The van der Waals surface area contributed by atoms with Gasteiger partial charge in [-0.25, -0.2) is 4.57 Å². The molecule has 3 atom stereocenters. The average Bonchev–Trinajstić information content (AvgIpc) is 3.13. The van der Waals surface area contributed by atoms with Gasteiger partial charge in [-0.3, -0.25) is 23.4 Å². The summed E-state index contributed by atoms with van der Waals surface area (Å²) in [5.74, 6) is -2.40. The number of carbonyl (C=O) groups excluding carboxylic acids is 2. The van der Waals surface area contributed by atoms with Crippen molar-refractivity contribution in [1.82, 2.24) is 0 Å². The molecule has 0 bridgehead atoms. The maximum Gasteiger partial charge on any atom is 0.472 e. The SMILES string of the molecule is CC/C=C/C/C=C/C/C=C/CCCCCCCC(=O)O[C@H](COC(=O)CCCCCCCCCCCCCCCC)COP(=O)(O)OC[C@H](N)C(=O)O. The summed E-state index contributed by atoms with van der Waals surface area (Å²) in [5, 5.41) is 8.87. The minimum atomic E-state index is -4.72. The molecule has 0 aliphatic heterocycles. The van der Waals surface area contributed by atoms with E-state index in [4.69, 9.17) is 24.8 Å². The fourth-order valence-electron chi connectivity index (χ4n) is 5.43. The topological polar surface area (TPSA) is 172 Å². The average molecular weight is 772 g/mol. The lowest BCUT2D eigenvalue weighted by Gasteiger charge is -2.20. The van der Waals surface area contributed by atoms with E-state index in [0.717, 1.165) is 70.6 Å². The van der Waals surface area contributed by atoms with Crippen molar-refractivity contribution in [3.8, 4) is 0 Å². The van der Waals surface area contributed by atoms with E-state index >= 15 is 0 Å². The van der Waals surface area contributed by atoms with Gasteiger partial charge in [0.15, 0.2) is 6.10 Å². The Labute approximate surface area is 321 Å². The van der Waals surface area contributed by atoms with Crippen LogP contribution in [0, 0.1) is 0 Å². The molecule has 53 heavy (non-hydrogen) atoms. The van der Waals surface area contributed by atoms with Gasteiger partial charge in [-0.1, -0.05) is 153 Å². The van der Waals surface area contributed by atoms with Gasteiger partial charge >= 0.3 is 25.7 Å². The Morgan fingerprint density at radius 2 is 1.06 bits per heavy atom. The molecule has 0 spiro atoms. The first-order valence-corrected chi connectivity index (χ1v) is 22.0. The number of phosphoric acid groups is 1. The second-order valence-corrected chi connectivity index (χ2v) is 15.2. The van der Waals surface area contributed by atoms with Crippen LogP contribution in [0.2, 0.25) is 0 Å². The number of hydrogen-bond acceptors (Lipinski definition) is 9. The molecule has 0 fully saturated rings. The molecule has 308 valence electrons. The zero-order valence-electron chi connectivity index (χ0n) is 33.1. The summed E-state index contributed by atoms with van der Waals surface area (Å²) in [4.78, 5) is 45.8. The van der Waals surface area contributed by atoms with E-state index < -0.39 is 51.1 Å². The lowest BCUT2D eigenvalue weighted by atomic mass is 10.0. The van der Waals surface area contributed by atoms with Gasteiger partial charge < -0.3 is 25.2 Å². The highest BCUT2D eigenvalue weighted by atomic mass is 31.2. The van der Waals surface area contributed by atoms with Gasteiger partial charge in [-0.2, -0.15) is 0 Å². The van der Waals surface area contributed by atoms with Gasteiger partial charge in [0.25, 0.3) is 0 Å². The molecule has 0 saturated heterocycles. The van der Waals surface area contributed by atoms with E-state index in [2.05, 4.69) is 54.8 Å². The molecule has 0 rings (SSSR count). The van der Waals surface area contributed by atoms with Crippen LogP contribution in [0.25, 0.3) is 0 Å². The van der Waals surface area contributed by atoms with Crippen LogP contribution < -0.4 is 5.73 Å². The zero-order valence-corrected chi connectivity index (χ0v) is 34.0. The van der Waals surface area contributed by atoms with Crippen molar-refractivity contribution in [2.45, 2.75) is 187 Å². The summed E-state index contributed by atoms with van der Waals surface area (Å²) in [6.45, 7) is 2.67. The number of aliphatic carboxylic acids is 1. The third kappa shape index (κ3) is 36.4. The van der Waals surface area contributed by atoms with Crippen molar-refractivity contribution >= 4 is 25.7 Å². The predicted molar refractivity (Wildman–Crippen MR) is 212 cm³/mol. The smallest absolute Gasteiger partial charge is 0.472 e. The van der Waals surface area contributed by atoms with E-state index in [0.29, 0.717) is 12.8 Å². The Balaban J connectivity index is 4.42. The van der Waals surface area contributed by atoms with Crippen molar-refractivity contribution in [3.63, 3.8) is 0 Å². The van der Waals surface area contributed by atoms with Gasteiger partial charge in [-0.05, 0) is 44.9 Å². The quantitative estimate of drug-likeness (QED) is 0.0236. The Kier molecular flexibility index (Phi) is 35.1. The van der Waals surface area contributed by atoms with Gasteiger partial charge in [0.2, 0.25) is 0 Å². The van der Waals surface area contributed by atoms with Crippen LogP contribution in [-0.2, 0) is 37.5 Å². The number of phosphoric ester groups is 1. The number of carboxylic acid groups (broad SMARTS) is 1. The maximum atomic E-state index is 12.6. The molecular weight excluding hydrogens is 697 g/mol. The molecule has 0 aromatic heterocycles. The Morgan fingerprint density at radius 1 is 0.604 bits per heavy atom. The highest BCUT2D eigenvalue weighted by Crippen LogP contribution is 2.43. The van der Waals surface area contributed by atoms with Crippen LogP contribution in [0.1, 0.15) is 174 Å². The number of hydrogen-bond donors (Lipinski definition) is 3. The van der Waals surface area contributed by atoms with Crippen LogP contribution in [-0.4, -0.2) is 59.9 Å². The summed E-state index contributed by atoms with van der Waals surface area (Å²) < 4.78 is 32.6.